The molecule has 0 heterocycles. The molecule has 0 radical (unpaired) electrons. The fourth-order valence-electron chi connectivity index (χ4n) is 3.30. The van der Waals surface area contributed by atoms with Gasteiger partial charge >= 0.3 is 0 Å². The second-order valence-corrected chi connectivity index (χ2v) is 6.16. The predicted octanol–water partition coefficient (Wildman–Crippen LogP) is 4.51. The fourth-order valence-corrected chi connectivity index (χ4v) is 3.30. The third-order valence-corrected chi connectivity index (χ3v) is 4.56. The number of hydrogen-bond acceptors (Lipinski definition) is 4. The molecule has 1 fully saturated rings. The van der Waals surface area contributed by atoms with E-state index in [0.717, 1.165) is 30.5 Å². The number of carbonyl (C=O) groups is 1. The Morgan fingerprint density at radius 1 is 1.04 bits per heavy atom. The zero-order valence-electron chi connectivity index (χ0n) is 13.4. The van der Waals surface area contributed by atoms with E-state index in [0.29, 0.717) is 12.2 Å². The maximum atomic E-state index is 12.4. The highest BCUT2D eigenvalue weighted by molar-refractivity contribution is 5.83. The summed E-state index contributed by atoms with van der Waals surface area (Å²) in [5, 5.41) is 14.2. The molecule has 0 unspecified atom stereocenters. The Bertz CT molecular complexity index is 713. The monoisotopic (exact) mass is 324 g/mol. The van der Waals surface area contributed by atoms with Crippen molar-refractivity contribution in [3.63, 3.8) is 0 Å². The number of anilines is 1. The molecule has 5 heteroatoms. The van der Waals surface area contributed by atoms with Gasteiger partial charge in [-0.3, -0.25) is 14.9 Å². The van der Waals surface area contributed by atoms with E-state index in [1.54, 1.807) is 12.1 Å². The van der Waals surface area contributed by atoms with E-state index in [1.165, 1.54) is 12.1 Å². The minimum absolute atomic E-state index is 0.0589. The summed E-state index contributed by atoms with van der Waals surface area (Å²) in [5.74, 6) is 0.237. The standard InChI is InChI=1S/C19H20N2O3/c22-18-9-5-4-8-17(18)19(14-6-2-1-3-7-14)20-15-10-12-16(13-11-15)21(23)24/h1-3,6-7,10-13,17,19-20H,4-5,8-9H2/t17-,19+/m1/s1. The van der Waals surface area contributed by atoms with E-state index in [9.17, 15) is 14.9 Å². The van der Waals surface area contributed by atoms with E-state index in [-0.39, 0.29) is 17.6 Å². The Labute approximate surface area is 140 Å². The largest absolute Gasteiger partial charge is 0.377 e. The van der Waals surface area contributed by atoms with Crippen molar-refractivity contribution in [2.24, 2.45) is 5.92 Å². The SMILES string of the molecule is O=C1CCCC[C@H]1[C@@H](Nc1ccc([N+](=O)[O-])cc1)c1ccccc1. The number of rotatable bonds is 5. The van der Waals surface area contributed by atoms with Gasteiger partial charge in [0.05, 0.1) is 11.0 Å². The lowest BCUT2D eigenvalue weighted by molar-refractivity contribution is -0.384. The summed E-state index contributed by atoms with van der Waals surface area (Å²) in [4.78, 5) is 22.8. The first-order chi connectivity index (χ1) is 11.6. The van der Waals surface area contributed by atoms with Crippen LogP contribution >= 0.6 is 0 Å². The second-order valence-electron chi connectivity index (χ2n) is 6.16. The van der Waals surface area contributed by atoms with Crippen LogP contribution in [0.5, 0.6) is 0 Å². The van der Waals surface area contributed by atoms with Crippen LogP contribution in [0, 0.1) is 16.0 Å². The molecule has 24 heavy (non-hydrogen) atoms. The lowest BCUT2D eigenvalue weighted by atomic mass is 9.80. The van der Waals surface area contributed by atoms with Crippen molar-refractivity contribution >= 4 is 17.2 Å². The van der Waals surface area contributed by atoms with Gasteiger partial charge < -0.3 is 5.32 Å². The number of ketones is 1. The first-order valence-corrected chi connectivity index (χ1v) is 8.24. The summed E-state index contributed by atoms with van der Waals surface area (Å²) >= 11 is 0. The average Bonchev–Trinajstić information content (AvgIpc) is 2.61. The van der Waals surface area contributed by atoms with Gasteiger partial charge in [-0.25, -0.2) is 0 Å². The fraction of sp³-hybridized carbons (Fsp3) is 0.316. The molecule has 3 rings (SSSR count). The molecule has 1 aliphatic rings. The van der Waals surface area contributed by atoms with Gasteiger partial charge in [-0.15, -0.1) is 0 Å². The van der Waals surface area contributed by atoms with Crippen LogP contribution in [0.2, 0.25) is 0 Å². The van der Waals surface area contributed by atoms with Crippen LogP contribution in [0.15, 0.2) is 54.6 Å². The summed E-state index contributed by atoms with van der Waals surface area (Å²) in [5.41, 5.74) is 1.91. The highest BCUT2D eigenvalue weighted by Crippen LogP contribution is 2.35. The van der Waals surface area contributed by atoms with Gasteiger partial charge in [0.25, 0.3) is 5.69 Å². The number of nitrogens with one attached hydrogen (secondary N) is 1. The minimum atomic E-state index is -0.414. The molecule has 2 aromatic carbocycles. The van der Waals surface area contributed by atoms with Gasteiger partial charge in [0.15, 0.2) is 0 Å². The third-order valence-electron chi connectivity index (χ3n) is 4.56. The maximum absolute atomic E-state index is 12.4. The van der Waals surface area contributed by atoms with Crippen LogP contribution in [-0.4, -0.2) is 10.7 Å². The average molecular weight is 324 g/mol. The number of hydrogen-bond donors (Lipinski definition) is 1. The summed E-state index contributed by atoms with van der Waals surface area (Å²) in [6, 6.07) is 16.2. The summed E-state index contributed by atoms with van der Waals surface area (Å²) in [6.45, 7) is 0. The van der Waals surface area contributed by atoms with Crippen molar-refractivity contribution in [2.75, 3.05) is 5.32 Å². The Balaban J connectivity index is 1.87. The first kappa shape index (κ1) is 16.2. The predicted molar refractivity (Wildman–Crippen MR) is 92.9 cm³/mol. The topological polar surface area (TPSA) is 72.2 Å². The molecule has 0 aromatic heterocycles. The van der Waals surface area contributed by atoms with Crippen molar-refractivity contribution in [3.05, 3.63) is 70.3 Å². The van der Waals surface area contributed by atoms with Gasteiger partial charge in [-0.2, -0.15) is 0 Å². The van der Waals surface area contributed by atoms with Crippen molar-refractivity contribution in [1.29, 1.82) is 0 Å². The van der Waals surface area contributed by atoms with Crippen molar-refractivity contribution in [2.45, 2.75) is 31.7 Å². The summed E-state index contributed by atoms with van der Waals surface area (Å²) < 4.78 is 0. The van der Waals surface area contributed by atoms with Gasteiger partial charge in [-0.05, 0) is 30.5 Å². The highest BCUT2D eigenvalue weighted by Gasteiger charge is 2.31. The van der Waals surface area contributed by atoms with E-state index >= 15 is 0 Å². The number of Topliss-reactive ketones (excluding diaryl/α,β-unsaturated/α-hetero) is 1. The van der Waals surface area contributed by atoms with Gasteiger partial charge in [0, 0.05) is 30.2 Å². The van der Waals surface area contributed by atoms with Crippen molar-refractivity contribution < 1.29 is 9.72 Å². The van der Waals surface area contributed by atoms with E-state index in [4.69, 9.17) is 0 Å². The quantitative estimate of drug-likeness (QED) is 0.649. The minimum Gasteiger partial charge on any atom is -0.377 e. The molecule has 2 aromatic rings. The Morgan fingerprint density at radius 2 is 1.75 bits per heavy atom. The molecule has 0 saturated heterocycles. The smallest absolute Gasteiger partial charge is 0.269 e. The number of benzene rings is 2. The van der Waals surface area contributed by atoms with Crippen LogP contribution in [0.3, 0.4) is 0 Å². The Kier molecular flexibility index (Phi) is 4.89. The molecule has 1 aliphatic carbocycles. The zero-order valence-corrected chi connectivity index (χ0v) is 13.4. The van der Waals surface area contributed by atoms with Crippen LogP contribution in [0.25, 0.3) is 0 Å². The van der Waals surface area contributed by atoms with Gasteiger partial charge in [-0.1, -0.05) is 36.8 Å². The van der Waals surface area contributed by atoms with E-state index < -0.39 is 4.92 Å². The Hall–Kier alpha value is -2.69. The van der Waals surface area contributed by atoms with Gasteiger partial charge in [0.1, 0.15) is 5.78 Å². The van der Waals surface area contributed by atoms with Crippen molar-refractivity contribution in [3.8, 4) is 0 Å². The van der Waals surface area contributed by atoms with Crippen LogP contribution in [0.1, 0.15) is 37.3 Å². The molecule has 0 amide bonds. The molecule has 1 saturated carbocycles. The molecule has 5 nitrogen and oxygen atoms in total. The Morgan fingerprint density at radius 3 is 2.38 bits per heavy atom. The number of non-ortho nitro benzene ring substituents is 1. The van der Waals surface area contributed by atoms with Crippen LogP contribution < -0.4 is 5.32 Å². The number of nitrogens with zero attached hydrogens (tertiary/aromatic N) is 1. The van der Waals surface area contributed by atoms with E-state index in [2.05, 4.69) is 5.32 Å². The molecular weight excluding hydrogens is 304 g/mol. The zero-order chi connectivity index (χ0) is 16.9. The molecule has 0 aliphatic heterocycles. The van der Waals surface area contributed by atoms with Crippen molar-refractivity contribution in [1.82, 2.24) is 0 Å². The number of nitro groups is 1. The summed E-state index contributed by atoms with van der Waals surface area (Å²) in [7, 11) is 0. The number of carbonyl (C=O) groups excluding carboxylic acids is 1. The second kappa shape index (κ2) is 7.25. The third kappa shape index (κ3) is 3.62. The molecule has 2 atom stereocenters. The molecular formula is C19H20N2O3. The van der Waals surface area contributed by atoms with Crippen LogP contribution in [-0.2, 0) is 4.79 Å². The molecule has 124 valence electrons. The highest BCUT2D eigenvalue weighted by atomic mass is 16.6. The molecule has 1 N–H and O–H groups in total. The summed E-state index contributed by atoms with van der Waals surface area (Å²) in [6.07, 6.45) is 3.53. The molecule has 0 spiro atoms. The molecule has 0 bridgehead atoms. The van der Waals surface area contributed by atoms with E-state index in [1.807, 2.05) is 30.3 Å². The van der Waals surface area contributed by atoms with Gasteiger partial charge in [0.2, 0.25) is 0 Å². The normalized spacial score (nSPS) is 18.8. The lowest BCUT2D eigenvalue weighted by Crippen LogP contribution is -2.30. The van der Waals surface area contributed by atoms with Crippen LogP contribution in [0.4, 0.5) is 11.4 Å². The number of nitro benzene ring substituents is 1. The lowest BCUT2D eigenvalue weighted by Gasteiger charge is -2.31. The maximum Gasteiger partial charge on any atom is 0.269 e. The first-order valence-electron chi connectivity index (χ1n) is 8.24.